The number of ether oxygens (including phenoxy) is 1. The monoisotopic (exact) mass is 335 g/mol. The lowest BCUT2D eigenvalue weighted by molar-refractivity contribution is 0.0187. The maximum atomic E-state index is 12.3. The molecule has 0 atom stereocenters. The third kappa shape index (κ3) is 4.70. The molecule has 0 saturated carbocycles. The molecule has 7 heteroatoms. The third-order valence-corrected chi connectivity index (χ3v) is 4.91. The molecule has 2 fully saturated rings. The Kier molecular flexibility index (Phi) is 6.09. The number of amides is 2. The molecular formula is C17H29N5O2. The van der Waals surface area contributed by atoms with E-state index in [2.05, 4.69) is 15.3 Å². The number of carbonyl (C=O) groups excluding carboxylic acids is 1. The van der Waals surface area contributed by atoms with Crippen molar-refractivity contribution in [3.05, 3.63) is 18.0 Å². The Balaban J connectivity index is 1.31. The molecule has 0 unspecified atom stereocenters. The first-order chi connectivity index (χ1) is 11.7. The quantitative estimate of drug-likeness (QED) is 0.818. The van der Waals surface area contributed by atoms with Crippen LogP contribution in [-0.2, 0) is 11.3 Å². The van der Waals surface area contributed by atoms with E-state index in [9.17, 15) is 4.79 Å². The van der Waals surface area contributed by atoms with E-state index in [4.69, 9.17) is 4.74 Å². The van der Waals surface area contributed by atoms with E-state index in [0.29, 0.717) is 12.6 Å². The fourth-order valence-corrected chi connectivity index (χ4v) is 3.48. The predicted molar refractivity (Wildman–Crippen MR) is 92.0 cm³/mol. The van der Waals surface area contributed by atoms with Gasteiger partial charge in [-0.15, -0.1) is 0 Å². The van der Waals surface area contributed by atoms with Crippen LogP contribution >= 0.6 is 0 Å². The molecule has 0 aromatic carbocycles. The largest absolute Gasteiger partial charge is 0.381 e. The summed E-state index contributed by atoms with van der Waals surface area (Å²) < 4.78 is 7.36. The van der Waals surface area contributed by atoms with Gasteiger partial charge in [0.2, 0.25) is 0 Å². The molecule has 7 nitrogen and oxygen atoms in total. The van der Waals surface area contributed by atoms with Crippen LogP contribution in [-0.4, -0.2) is 77.6 Å². The van der Waals surface area contributed by atoms with E-state index in [1.807, 2.05) is 28.9 Å². The number of nitrogens with zero attached hydrogens (tertiary/aromatic N) is 4. The second-order valence-electron chi connectivity index (χ2n) is 6.73. The van der Waals surface area contributed by atoms with Crippen molar-refractivity contribution < 1.29 is 9.53 Å². The zero-order chi connectivity index (χ0) is 16.8. The zero-order valence-electron chi connectivity index (χ0n) is 14.6. The predicted octanol–water partition coefficient (Wildman–Crippen LogP) is 1.09. The summed E-state index contributed by atoms with van der Waals surface area (Å²) in [6.07, 6.45) is 7.03. The minimum Gasteiger partial charge on any atom is -0.381 e. The molecule has 1 aromatic rings. The fourth-order valence-electron chi connectivity index (χ4n) is 3.48. The van der Waals surface area contributed by atoms with Crippen LogP contribution < -0.4 is 5.32 Å². The van der Waals surface area contributed by atoms with Gasteiger partial charge < -0.3 is 15.0 Å². The Hall–Kier alpha value is -1.60. The number of hydrogen-bond acceptors (Lipinski definition) is 4. The van der Waals surface area contributed by atoms with Gasteiger partial charge in [0.1, 0.15) is 0 Å². The summed E-state index contributed by atoms with van der Waals surface area (Å²) in [4.78, 5) is 16.7. The molecule has 3 rings (SSSR count). The number of hydrogen-bond donors (Lipinski definition) is 1. The first kappa shape index (κ1) is 17.2. The number of piperazine rings is 1. The molecule has 0 radical (unpaired) electrons. The molecular weight excluding hydrogens is 306 g/mol. The fraction of sp³-hybridized carbons (Fsp3) is 0.765. The minimum atomic E-state index is 0.0678. The molecule has 0 bridgehead atoms. The van der Waals surface area contributed by atoms with Crippen LogP contribution in [0.5, 0.6) is 0 Å². The van der Waals surface area contributed by atoms with Crippen molar-refractivity contribution in [1.29, 1.82) is 0 Å². The standard InChI is InChI=1S/C17H29N5O2/c1-15-13-19-22(14-15)6-2-5-18-17(23)21-9-7-20(8-10-21)16-3-11-24-12-4-16/h13-14,16H,2-12H2,1H3,(H,18,23). The van der Waals surface area contributed by atoms with Gasteiger partial charge in [-0.3, -0.25) is 9.58 Å². The van der Waals surface area contributed by atoms with Crippen molar-refractivity contribution >= 4 is 6.03 Å². The highest BCUT2D eigenvalue weighted by Gasteiger charge is 2.27. The normalized spacial score (nSPS) is 20.3. The van der Waals surface area contributed by atoms with E-state index < -0.39 is 0 Å². The molecule has 3 heterocycles. The highest BCUT2D eigenvalue weighted by atomic mass is 16.5. The van der Waals surface area contributed by atoms with Crippen LogP contribution in [0.15, 0.2) is 12.4 Å². The highest BCUT2D eigenvalue weighted by molar-refractivity contribution is 5.74. The van der Waals surface area contributed by atoms with Crippen LogP contribution in [0.4, 0.5) is 4.79 Å². The van der Waals surface area contributed by atoms with Gasteiger partial charge in [0.15, 0.2) is 0 Å². The molecule has 0 spiro atoms. The molecule has 0 aliphatic carbocycles. The van der Waals surface area contributed by atoms with Gasteiger partial charge in [-0.05, 0) is 31.7 Å². The summed E-state index contributed by atoms with van der Waals surface area (Å²) in [6, 6.07) is 0.708. The smallest absolute Gasteiger partial charge is 0.317 e. The molecule has 1 N–H and O–H groups in total. The summed E-state index contributed by atoms with van der Waals surface area (Å²) in [5, 5.41) is 7.29. The summed E-state index contributed by atoms with van der Waals surface area (Å²) in [7, 11) is 0. The van der Waals surface area contributed by atoms with Gasteiger partial charge in [0, 0.05) is 64.7 Å². The Morgan fingerprint density at radius 2 is 2.04 bits per heavy atom. The molecule has 2 aliphatic rings. The van der Waals surface area contributed by atoms with Gasteiger partial charge in [0.05, 0.1) is 6.20 Å². The Morgan fingerprint density at radius 3 is 2.71 bits per heavy atom. The van der Waals surface area contributed by atoms with Crippen LogP contribution in [0.1, 0.15) is 24.8 Å². The number of nitrogens with one attached hydrogen (secondary N) is 1. The van der Waals surface area contributed by atoms with Crippen molar-refractivity contribution in [1.82, 2.24) is 24.9 Å². The van der Waals surface area contributed by atoms with E-state index in [1.165, 1.54) is 5.56 Å². The average Bonchev–Trinajstić information content (AvgIpc) is 3.05. The van der Waals surface area contributed by atoms with Crippen molar-refractivity contribution in [3.63, 3.8) is 0 Å². The first-order valence-electron chi connectivity index (χ1n) is 9.06. The number of rotatable bonds is 5. The lowest BCUT2D eigenvalue weighted by Gasteiger charge is -2.40. The highest BCUT2D eigenvalue weighted by Crippen LogP contribution is 2.16. The summed E-state index contributed by atoms with van der Waals surface area (Å²) in [5.41, 5.74) is 1.17. The molecule has 2 aliphatic heterocycles. The van der Waals surface area contributed by atoms with Crippen LogP contribution in [0.25, 0.3) is 0 Å². The summed E-state index contributed by atoms with van der Waals surface area (Å²) in [6.45, 7) is 8.91. The van der Waals surface area contributed by atoms with Gasteiger partial charge in [-0.25, -0.2) is 4.79 Å². The van der Waals surface area contributed by atoms with Crippen LogP contribution in [0, 0.1) is 6.92 Å². The molecule has 134 valence electrons. The molecule has 2 saturated heterocycles. The van der Waals surface area contributed by atoms with E-state index in [0.717, 1.165) is 65.2 Å². The Bertz CT molecular complexity index is 519. The third-order valence-electron chi connectivity index (χ3n) is 4.91. The Morgan fingerprint density at radius 1 is 1.29 bits per heavy atom. The van der Waals surface area contributed by atoms with Gasteiger partial charge in [-0.2, -0.15) is 5.10 Å². The van der Waals surface area contributed by atoms with E-state index in [1.54, 1.807) is 0 Å². The second-order valence-corrected chi connectivity index (χ2v) is 6.73. The lowest BCUT2D eigenvalue weighted by Crippen LogP contribution is -2.55. The first-order valence-corrected chi connectivity index (χ1v) is 9.06. The van der Waals surface area contributed by atoms with Crippen LogP contribution in [0.2, 0.25) is 0 Å². The topological polar surface area (TPSA) is 62.6 Å². The zero-order valence-corrected chi connectivity index (χ0v) is 14.6. The molecule has 1 aromatic heterocycles. The SMILES string of the molecule is Cc1cnn(CCCNC(=O)N2CCN(C3CCOCC3)CC2)c1. The van der Waals surface area contributed by atoms with Gasteiger partial charge >= 0.3 is 6.03 Å². The number of aromatic nitrogens is 2. The van der Waals surface area contributed by atoms with Gasteiger partial charge in [0.25, 0.3) is 0 Å². The Labute approximate surface area is 143 Å². The van der Waals surface area contributed by atoms with Crippen molar-refractivity contribution in [3.8, 4) is 0 Å². The second kappa shape index (κ2) is 8.48. The average molecular weight is 335 g/mol. The number of carbonyl (C=O) groups is 1. The van der Waals surface area contributed by atoms with Crippen molar-refractivity contribution in [2.75, 3.05) is 45.9 Å². The van der Waals surface area contributed by atoms with Gasteiger partial charge in [-0.1, -0.05) is 0 Å². The van der Waals surface area contributed by atoms with E-state index >= 15 is 0 Å². The molecule has 2 amide bonds. The van der Waals surface area contributed by atoms with E-state index in [-0.39, 0.29) is 6.03 Å². The number of aryl methyl sites for hydroxylation is 2. The van der Waals surface area contributed by atoms with Crippen LogP contribution in [0.3, 0.4) is 0 Å². The minimum absolute atomic E-state index is 0.0678. The maximum absolute atomic E-state index is 12.3. The van der Waals surface area contributed by atoms with Crippen molar-refractivity contribution in [2.24, 2.45) is 0 Å². The number of urea groups is 1. The van der Waals surface area contributed by atoms with Crippen molar-refractivity contribution in [2.45, 2.75) is 38.8 Å². The summed E-state index contributed by atoms with van der Waals surface area (Å²) in [5.74, 6) is 0. The lowest BCUT2D eigenvalue weighted by atomic mass is 10.1. The molecule has 24 heavy (non-hydrogen) atoms. The summed E-state index contributed by atoms with van der Waals surface area (Å²) >= 11 is 0. The maximum Gasteiger partial charge on any atom is 0.317 e.